The highest BCUT2D eigenvalue weighted by atomic mass is 16.1. The molecule has 0 saturated heterocycles. The molecule has 0 spiro atoms. The molecule has 0 amide bonds. The van der Waals surface area contributed by atoms with E-state index in [0.29, 0.717) is 5.70 Å². The summed E-state index contributed by atoms with van der Waals surface area (Å²) in [5, 5.41) is 0. The largest absolute Gasteiger partial charge is 0.399 e. The fourth-order valence-electron chi connectivity index (χ4n) is 0.603. The van der Waals surface area contributed by atoms with Gasteiger partial charge in [-0.3, -0.25) is 0 Å². The van der Waals surface area contributed by atoms with Crippen molar-refractivity contribution < 1.29 is 4.79 Å². The molecule has 0 aromatic rings. The van der Waals surface area contributed by atoms with Gasteiger partial charge < -0.3 is 10.5 Å². The van der Waals surface area contributed by atoms with Crippen LogP contribution in [0.3, 0.4) is 0 Å². The Morgan fingerprint density at radius 1 is 1.42 bits per heavy atom. The van der Waals surface area contributed by atoms with Crippen LogP contribution in [0.5, 0.6) is 0 Å². The Morgan fingerprint density at radius 2 is 1.83 bits per heavy atom. The first kappa shape index (κ1) is 13.3. The molecule has 0 unspecified atom stereocenters. The van der Waals surface area contributed by atoms with Crippen LogP contribution < -0.4 is 5.73 Å². The third kappa shape index (κ3) is 15.9. The van der Waals surface area contributed by atoms with E-state index in [0.717, 1.165) is 11.9 Å². The molecule has 68 valence electrons. The predicted octanol–water partition coefficient (Wildman–Crippen LogP) is 2.19. The molecule has 0 rings (SSSR count). The van der Waals surface area contributed by atoms with E-state index >= 15 is 0 Å². The average molecular weight is 167 g/mol. The van der Waals surface area contributed by atoms with E-state index in [4.69, 9.17) is 10.5 Å². The molecule has 2 N–H and O–H groups in total. The smallest absolute Gasteiger partial charge is 0.116 e. The standard InChI is InChI=1S/C8H13N.C2H4O/c1-4-5-7(2)6-8(3)9;1-2-3/h4-6H,3,9H2,1-2H3;2H,1H3/b5-4-,7-6-;. The van der Waals surface area contributed by atoms with Crippen LogP contribution in [0.25, 0.3) is 0 Å². The maximum atomic E-state index is 8.81. The van der Waals surface area contributed by atoms with E-state index in [1.165, 1.54) is 6.92 Å². The lowest BCUT2D eigenvalue weighted by Gasteiger charge is -1.89. The van der Waals surface area contributed by atoms with Crippen molar-refractivity contribution in [3.8, 4) is 0 Å². The Bertz CT molecular complexity index is 190. The lowest BCUT2D eigenvalue weighted by atomic mass is 10.2. The summed E-state index contributed by atoms with van der Waals surface area (Å²) in [5.41, 5.74) is 7.05. The van der Waals surface area contributed by atoms with Crippen LogP contribution >= 0.6 is 0 Å². The van der Waals surface area contributed by atoms with Gasteiger partial charge in [-0.15, -0.1) is 0 Å². The van der Waals surface area contributed by atoms with Gasteiger partial charge in [0.05, 0.1) is 0 Å². The summed E-state index contributed by atoms with van der Waals surface area (Å²) in [5.74, 6) is 0. The molecule has 2 nitrogen and oxygen atoms in total. The fraction of sp³-hybridized carbons (Fsp3) is 0.300. The van der Waals surface area contributed by atoms with Crippen LogP contribution in [0.15, 0.2) is 36.1 Å². The van der Waals surface area contributed by atoms with Crippen LogP contribution in [-0.4, -0.2) is 6.29 Å². The number of aldehydes is 1. The second kappa shape index (κ2) is 9.69. The van der Waals surface area contributed by atoms with Gasteiger partial charge in [0.2, 0.25) is 0 Å². The second-order valence-electron chi connectivity index (χ2n) is 2.20. The van der Waals surface area contributed by atoms with Gasteiger partial charge in [-0.1, -0.05) is 18.7 Å². The van der Waals surface area contributed by atoms with Gasteiger partial charge in [0.25, 0.3) is 0 Å². The van der Waals surface area contributed by atoms with Gasteiger partial charge >= 0.3 is 0 Å². The van der Waals surface area contributed by atoms with Gasteiger partial charge in [-0.05, 0) is 32.4 Å². The molecule has 12 heavy (non-hydrogen) atoms. The van der Waals surface area contributed by atoms with E-state index in [-0.39, 0.29) is 0 Å². The van der Waals surface area contributed by atoms with Crippen molar-refractivity contribution in [2.45, 2.75) is 20.8 Å². The number of rotatable bonds is 2. The number of allylic oxidation sites excluding steroid dienone is 4. The topological polar surface area (TPSA) is 43.1 Å². The van der Waals surface area contributed by atoms with E-state index in [1.54, 1.807) is 0 Å². The summed E-state index contributed by atoms with van der Waals surface area (Å²) in [4.78, 5) is 8.81. The maximum absolute atomic E-state index is 8.81. The molecule has 0 aromatic heterocycles. The van der Waals surface area contributed by atoms with Gasteiger partial charge in [0.15, 0.2) is 0 Å². The van der Waals surface area contributed by atoms with Crippen molar-refractivity contribution >= 4 is 6.29 Å². The maximum Gasteiger partial charge on any atom is 0.116 e. The normalized spacial score (nSPS) is 10.4. The van der Waals surface area contributed by atoms with Crippen molar-refractivity contribution in [1.82, 2.24) is 0 Å². The van der Waals surface area contributed by atoms with Crippen molar-refractivity contribution in [2.75, 3.05) is 0 Å². The molecule has 0 aliphatic carbocycles. The minimum absolute atomic E-state index is 0.602. The zero-order chi connectivity index (χ0) is 9.98. The molecule has 2 heteroatoms. The van der Waals surface area contributed by atoms with Gasteiger partial charge in [-0.25, -0.2) is 0 Å². The SMILES string of the molecule is C=C(N)/C=C(C)\C=C/C.CC=O. The lowest BCUT2D eigenvalue weighted by Crippen LogP contribution is -1.89. The highest BCUT2D eigenvalue weighted by Gasteiger charge is 1.78. The summed E-state index contributed by atoms with van der Waals surface area (Å²) < 4.78 is 0. The van der Waals surface area contributed by atoms with Crippen molar-refractivity contribution in [2.24, 2.45) is 5.73 Å². The van der Waals surface area contributed by atoms with Crippen LogP contribution in [0.2, 0.25) is 0 Å². The summed E-state index contributed by atoms with van der Waals surface area (Å²) in [6, 6.07) is 0. The Kier molecular flexibility index (Phi) is 10.7. The Morgan fingerprint density at radius 3 is 2.08 bits per heavy atom. The van der Waals surface area contributed by atoms with Crippen LogP contribution in [0, 0.1) is 0 Å². The number of carbonyl (C=O) groups excluding carboxylic acids is 1. The third-order valence-corrected chi connectivity index (χ3v) is 0.843. The first-order valence-electron chi connectivity index (χ1n) is 3.73. The number of hydrogen-bond donors (Lipinski definition) is 1. The van der Waals surface area contributed by atoms with E-state index < -0.39 is 0 Å². The van der Waals surface area contributed by atoms with E-state index in [9.17, 15) is 0 Å². The van der Waals surface area contributed by atoms with E-state index in [1.807, 2.05) is 32.1 Å². The highest BCUT2D eigenvalue weighted by Crippen LogP contribution is 1.96. The highest BCUT2D eigenvalue weighted by molar-refractivity contribution is 5.44. The average Bonchev–Trinajstić information content (AvgIpc) is 1.87. The Labute approximate surface area is 74.5 Å². The van der Waals surface area contributed by atoms with Crippen LogP contribution in [0.4, 0.5) is 0 Å². The molecule has 0 bridgehead atoms. The monoisotopic (exact) mass is 167 g/mol. The van der Waals surface area contributed by atoms with Gasteiger partial charge in [0, 0.05) is 5.70 Å². The molecule has 0 fully saturated rings. The molecule has 0 aliphatic rings. The fourth-order valence-corrected chi connectivity index (χ4v) is 0.603. The summed E-state index contributed by atoms with van der Waals surface area (Å²) in [6.45, 7) is 8.94. The zero-order valence-electron chi connectivity index (χ0n) is 8.00. The molecular weight excluding hydrogens is 150 g/mol. The molecule has 0 aliphatic heterocycles. The zero-order valence-corrected chi connectivity index (χ0v) is 8.00. The van der Waals surface area contributed by atoms with Crippen LogP contribution in [-0.2, 0) is 4.79 Å². The first-order valence-corrected chi connectivity index (χ1v) is 3.73. The third-order valence-electron chi connectivity index (χ3n) is 0.843. The first-order chi connectivity index (χ1) is 5.58. The Balaban J connectivity index is 0. The van der Waals surface area contributed by atoms with Gasteiger partial charge in [-0.2, -0.15) is 0 Å². The van der Waals surface area contributed by atoms with E-state index in [2.05, 4.69) is 6.58 Å². The van der Waals surface area contributed by atoms with Crippen LogP contribution in [0.1, 0.15) is 20.8 Å². The molecule has 0 heterocycles. The minimum Gasteiger partial charge on any atom is -0.399 e. The molecule has 0 saturated carbocycles. The number of nitrogens with two attached hydrogens (primary N) is 1. The number of hydrogen-bond acceptors (Lipinski definition) is 2. The van der Waals surface area contributed by atoms with Crippen molar-refractivity contribution in [1.29, 1.82) is 0 Å². The summed E-state index contributed by atoms with van der Waals surface area (Å²) in [6.07, 6.45) is 6.53. The lowest BCUT2D eigenvalue weighted by molar-refractivity contribution is -0.106. The summed E-state index contributed by atoms with van der Waals surface area (Å²) >= 11 is 0. The quantitative estimate of drug-likeness (QED) is 0.506. The predicted molar refractivity (Wildman–Crippen MR) is 53.6 cm³/mol. The summed E-state index contributed by atoms with van der Waals surface area (Å²) in [7, 11) is 0. The molecule has 0 radical (unpaired) electrons. The van der Waals surface area contributed by atoms with Crippen molar-refractivity contribution in [3.63, 3.8) is 0 Å². The molecule has 0 aromatic carbocycles. The number of carbonyl (C=O) groups is 1. The second-order valence-corrected chi connectivity index (χ2v) is 2.20. The Hall–Kier alpha value is -1.31. The molecular formula is C10H17NO. The minimum atomic E-state index is 0.602. The van der Waals surface area contributed by atoms with Crippen molar-refractivity contribution in [3.05, 3.63) is 36.1 Å². The van der Waals surface area contributed by atoms with Gasteiger partial charge in [0.1, 0.15) is 6.29 Å². The molecule has 0 atom stereocenters.